The predicted octanol–water partition coefficient (Wildman–Crippen LogP) is 4.00. The first kappa shape index (κ1) is 20.6. The number of likely N-dealkylation sites (N-methyl/N-ethyl adjacent to an activating group) is 1. The van der Waals surface area contributed by atoms with E-state index in [1.54, 1.807) is 6.20 Å². The fourth-order valence-electron chi connectivity index (χ4n) is 3.85. The zero-order valence-electron chi connectivity index (χ0n) is 16.5. The van der Waals surface area contributed by atoms with Crippen molar-refractivity contribution < 1.29 is 0 Å². The molecule has 1 saturated heterocycles. The molecule has 1 aliphatic rings. The van der Waals surface area contributed by atoms with Gasteiger partial charge in [-0.2, -0.15) is 10.2 Å². The Labute approximate surface area is 185 Å². The van der Waals surface area contributed by atoms with E-state index in [4.69, 9.17) is 39.2 Å². The van der Waals surface area contributed by atoms with E-state index in [-0.39, 0.29) is 5.95 Å². The molecule has 7 nitrogen and oxygen atoms in total. The summed E-state index contributed by atoms with van der Waals surface area (Å²) >= 11 is 13.1. The molecule has 1 atom stereocenters. The molecular formula is C21H21Cl2N7. The van der Waals surface area contributed by atoms with Crippen LogP contribution in [0.25, 0.3) is 22.2 Å². The Bertz CT molecular complexity index is 1110. The summed E-state index contributed by atoms with van der Waals surface area (Å²) in [6.07, 6.45) is 3.15. The van der Waals surface area contributed by atoms with Crippen molar-refractivity contribution in [2.24, 2.45) is 0 Å². The Balaban J connectivity index is 1.79. The summed E-state index contributed by atoms with van der Waals surface area (Å²) in [5, 5.41) is 10.8. The maximum absolute atomic E-state index is 8.88. The number of pyridine rings is 1. The number of benzene rings is 1. The molecular weight excluding hydrogens is 421 g/mol. The van der Waals surface area contributed by atoms with Crippen LogP contribution in [0.15, 0.2) is 30.5 Å². The van der Waals surface area contributed by atoms with Gasteiger partial charge in [0.2, 0.25) is 5.95 Å². The zero-order valence-corrected chi connectivity index (χ0v) is 18.0. The van der Waals surface area contributed by atoms with Crippen molar-refractivity contribution in [3.63, 3.8) is 0 Å². The molecule has 0 bridgehead atoms. The third-order valence-corrected chi connectivity index (χ3v) is 6.09. The van der Waals surface area contributed by atoms with Crippen molar-refractivity contribution in [2.75, 3.05) is 37.3 Å². The number of nitrogens with zero attached hydrogens (tertiary/aromatic N) is 6. The lowest BCUT2D eigenvalue weighted by atomic mass is 10.0. The van der Waals surface area contributed by atoms with Crippen LogP contribution in [-0.2, 0) is 0 Å². The molecule has 9 heteroatoms. The normalized spacial score (nSPS) is 16.4. The van der Waals surface area contributed by atoms with E-state index in [1.165, 1.54) is 0 Å². The highest BCUT2D eigenvalue weighted by Crippen LogP contribution is 2.41. The summed E-state index contributed by atoms with van der Waals surface area (Å²) < 4.78 is 0. The van der Waals surface area contributed by atoms with Gasteiger partial charge >= 0.3 is 0 Å². The van der Waals surface area contributed by atoms with Crippen molar-refractivity contribution >= 4 is 46.0 Å². The van der Waals surface area contributed by atoms with Crippen LogP contribution >= 0.6 is 23.2 Å². The summed E-state index contributed by atoms with van der Waals surface area (Å²) in [4.78, 5) is 17.7. The minimum atomic E-state index is 0.181. The van der Waals surface area contributed by atoms with Crippen LogP contribution in [0.1, 0.15) is 12.8 Å². The topological polar surface area (TPSA) is 95.0 Å². The number of nitrogens with two attached hydrogens (primary N) is 1. The van der Waals surface area contributed by atoms with Crippen LogP contribution < -0.4 is 10.6 Å². The van der Waals surface area contributed by atoms with E-state index >= 15 is 0 Å². The van der Waals surface area contributed by atoms with Gasteiger partial charge in [-0.25, -0.2) is 9.97 Å². The van der Waals surface area contributed by atoms with Gasteiger partial charge < -0.3 is 15.5 Å². The molecule has 3 heterocycles. The van der Waals surface area contributed by atoms with Gasteiger partial charge in [-0.1, -0.05) is 29.3 Å². The third-order valence-electron chi connectivity index (χ3n) is 5.46. The minimum absolute atomic E-state index is 0.181. The predicted molar refractivity (Wildman–Crippen MR) is 121 cm³/mol. The highest BCUT2D eigenvalue weighted by atomic mass is 35.5. The van der Waals surface area contributed by atoms with Crippen molar-refractivity contribution in [3.05, 3.63) is 40.5 Å². The molecule has 1 aromatic carbocycles. The van der Waals surface area contributed by atoms with Gasteiger partial charge in [0.05, 0.1) is 16.1 Å². The number of nitriles is 1. The minimum Gasteiger partial charge on any atom is -0.368 e. The average Bonchev–Trinajstić information content (AvgIpc) is 3.21. The maximum atomic E-state index is 8.88. The van der Waals surface area contributed by atoms with Gasteiger partial charge in [0, 0.05) is 54.8 Å². The van der Waals surface area contributed by atoms with Crippen molar-refractivity contribution in [2.45, 2.75) is 18.9 Å². The van der Waals surface area contributed by atoms with Gasteiger partial charge in [0.15, 0.2) is 5.65 Å². The van der Waals surface area contributed by atoms with Crippen LogP contribution in [0.3, 0.4) is 0 Å². The molecule has 154 valence electrons. The first-order chi connectivity index (χ1) is 14.5. The van der Waals surface area contributed by atoms with E-state index in [0.29, 0.717) is 28.2 Å². The number of hydrogen-bond acceptors (Lipinski definition) is 7. The van der Waals surface area contributed by atoms with E-state index in [2.05, 4.69) is 32.9 Å². The van der Waals surface area contributed by atoms with Gasteiger partial charge in [-0.05, 0) is 31.7 Å². The van der Waals surface area contributed by atoms with E-state index in [9.17, 15) is 0 Å². The number of aromatic nitrogens is 3. The van der Waals surface area contributed by atoms with Gasteiger partial charge in [0.25, 0.3) is 0 Å². The number of fused-ring (bicyclic) bond motifs is 1. The second kappa shape index (κ2) is 8.60. The third kappa shape index (κ3) is 3.99. The van der Waals surface area contributed by atoms with E-state index < -0.39 is 0 Å². The molecule has 30 heavy (non-hydrogen) atoms. The van der Waals surface area contributed by atoms with Crippen molar-refractivity contribution in [1.82, 2.24) is 19.9 Å². The van der Waals surface area contributed by atoms with Crippen LogP contribution in [0, 0.1) is 11.3 Å². The molecule has 2 N–H and O–H groups in total. The first-order valence-electron chi connectivity index (χ1n) is 9.67. The van der Waals surface area contributed by atoms with Crippen LogP contribution in [0.2, 0.25) is 10.0 Å². The SMILES string of the molecule is CN(CCC#N)C1CCN(c2nc3nc(N)ncc3cc2-c2c(Cl)cccc2Cl)C1. The maximum Gasteiger partial charge on any atom is 0.222 e. The molecule has 2 aromatic heterocycles. The van der Waals surface area contributed by atoms with Crippen LogP contribution in [0.5, 0.6) is 0 Å². The molecule has 4 rings (SSSR count). The average molecular weight is 442 g/mol. The molecule has 0 spiro atoms. The summed E-state index contributed by atoms with van der Waals surface area (Å²) in [5.74, 6) is 0.951. The summed E-state index contributed by atoms with van der Waals surface area (Å²) in [6, 6.07) is 9.97. The highest BCUT2D eigenvalue weighted by molar-refractivity contribution is 6.39. The van der Waals surface area contributed by atoms with Gasteiger partial charge in [0.1, 0.15) is 5.82 Å². The summed E-state index contributed by atoms with van der Waals surface area (Å²) in [7, 11) is 2.05. The molecule has 0 radical (unpaired) electrons. The lowest BCUT2D eigenvalue weighted by Gasteiger charge is -2.25. The highest BCUT2D eigenvalue weighted by Gasteiger charge is 2.29. The van der Waals surface area contributed by atoms with Crippen LogP contribution in [-0.4, -0.2) is 52.6 Å². The monoisotopic (exact) mass is 441 g/mol. The number of nitrogen functional groups attached to an aromatic ring is 1. The quantitative estimate of drug-likeness (QED) is 0.638. The molecule has 3 aromatic rings. The van der Waals surface area contributed by atoms with Crippen molar-refractivity contribution in [1.29, 1.82) is 5.26 Å². The largest absolute Gasteiger partial charge is 0.368 e. The Kier molecular flexibility index (Phi) is 5.91. The molecule has 0 saturated carbocycles. The van der Waals surface area contributed by atoms with Gasteiger partial charge in [-0.3, -0.25) is 0 Å². The Morgan fingerprint density at radius 1 is 1.30 bits per heavy atom. The Hall–Kier alpha value is -2.66. The fourth-order valence-corrected chi connectivity index (χ4v) is 4.45. The second-order valence-electron chi connectivity index (χ2n) is 7.37. The van der Waals surface area contributed by atoms with Crippen LogP contribution in [0.4, 0.5) is 11.8 Å². The van der Waals surface area contributed by atoms with E-state index in [0.717, 1.165) is 48.4 Å². The number of halogens is 2. The summed E-state index contributed by atoms with van der Waals surface area (Å²) in [5.41, 5.74) is 7.89. The number of hydrogen-bond donors (Lipinski definition) is 1. The smallest absolute Gasteiger partial charge is 0.222 e. The first-order valence-corrected chi connectivity index (χ1v) is 10.4. The molecule has 0 amide bonds. The standard InChI is InChI=1S/C21H21Cl2N7/c1-29(8-3-7-24)14-6-9-30(12-14)20-15(18-16(22)4-2-5-17(18)23)10-13-11-26-21(25)28-19(13)27-20/h2,4-5,10-11,14H,3,6,8-9,12H2,1H3,(H2,25,26,27,28). The molecule has 0 aliphatic carbocycles. The molecule has 1 fully saturated rings. The van der Waals surface area contributed by atoms with E-state index in [1.807, 2.05) is 24.3 Å². The lowest BCUT2D eigenvalue weighted by molar-refractivity contribution is 0.264. The Morgan fingerprint density at radius 2 is 2.07 bits per heavy atom. The summed E-state index contributed by atoms with van der Waals surface area (Å²) in [6.45, 7) is 2.36. The lowest BCUT2D eigenvalue weighted by Crippen LogP contribution is -2.35. The zero-order chi connectivity index (χ0) is 21.3. The number of anilines is 2. The van der Waals surface area contributed by atoms with Crippen molar-refractivity contribution in [3.8, 4) is 17.2 Å². The van der Waals surface area contributed by atoms with Gasteiger partial charge in [-0.15, -0.1) is 0 Å². The Morgan fingerprint density at radius 3 is 2.80 bits per heavy atom. The molecule has 1 aliphatic heterocycles. The second-order valence-corrected chi connectivity index (χ2v) is 8.19. The fraction of sp³-hybridized carbons (Fsp3) is 0.333. The molecule has 1 unspecified atom stereocenters. The number of rotatable bonds is 5.